The van der Waals surface area contributed by atoms with Crippen LogP contribution >= 0.6 is 0 Å². The van der Waals surface area contributed by atoms with Gasteiger partial charge in [-0.3, -0.25) is 14.9 Å². The Labute approximate surface area is 168 Å². The number of alkyl halides is 3. The maximum atomic E-state index is 13.6. The molecule has 0 radical (unpaired) electrons. The Morgan fingerprint density at radius 2 is 1.77 bits per heavy atom. The summed E-state index contributed by atoms with van der Waals surface area (Å²) in [6.45, 7) is 1.44. The van der Waals surface area contributed by atoms with E-state index in [0.29, 0.717) is 26.3 Å². The molecule has 3 rings (SSSR count). The predicted octanol–water partition coefficient (Wildman–Crippen LogP) is 3.60. The van der Waals surface area contributed by atoms with E-state index in [1.165, 1.54) is 12.1 Å². The van der Waals surface area contributed by atoms with Crippen LogP contribution in [0, 0.1) is 15.9 Å². The molecule has 1 aliphatic heterocycles. The number of carbonyl (C=O) groups is 1. The number of nitrogens with one attached hydrogen (secondary N) is 1. The fourth-order valence-corrected chi connectivity index (χ4v) is 3.12. The Balaban J connectivity index is 1.97. The van der Waals surface area contributed by atoms with Crippen molar-refractivity contribution in [3.05, 3.63) is 69.5 Å². The van der Waals surface area contributed by atoms with E-state index < -0.39 is 34.6 Å². The molecule has 1 amide bonds. The molecule has 2 aromatic carbocycles. The van der Waals surface area contributed by atoms with Crippen LogP contribution in [0.3, 0.4) is 0 Å². The van der Waals surface area contributed by atoms with Crippen molar-refractivity contribution < 1.29 is 32.0 Å². The summed E-state index contributed by atoms with van der Waals surface area (Å²) in [5.41, 5.74) is -0.790. The number of amides is 1. The lowest BCUT2D eigenvalue weighted by Gasteiger charge is -2.30. The van der Waals surface area contributed by atoms with Crippen molar-refractivity contribution in [3.63, 3.8) is 0 Å². The van der Waals surface area contributed by atoms with Gasteiger partial charge in [0.25, 0.3) is 11.6 Å². The molecule has 7 nitrogen and oxygen atoms in total. The van der Waals surface area contributed by atoms with E-state index in [0.717, 1.165) is 30.3 Å². The maximum Gasteiger partial charge on any atom is 0.412 e. The number of non-ortho nitro benzene ring substituents is 1. The van der Waals surface area contributed by atoms with Crippen molar-refractivity contribution in [2.24, 2.45) is 0 Å². The van der Waals surface area contributed by atoms with Gasteiger partial charge in [-0.2, -0.15) is 13.2 Å². The molecule has 1 heterocycles. The lowest BCUT2D eigenvalue weighted by atomic mass is 10.0. The second-order valence-corrected chi connectivity index (χ2v) is 6.56. The molecule has 1 atom stereocenters. The lowest BCUT2D eigenvalue weighted by Crippen LogP contribution is -2.40. The number of nitro benzene ring substituents is 1. The SMILES string of the molecule is O=C(NC(c1ccc(F)cc1)C(F)(F)F)c1cc([N+](=O)[O-])ccc1N1CCOCC1. The smallest absolute Gasteiger partial charge is 0.378 e. The lowest BCUT2D eigenvalue weighted by molar-refractivity contribution is -0.384. The third-order valence-electron chi connectivity index (χ3n) is 4.59. The third kappa shape index (κ3) is 4.85. The molecule has 1 saturated heterocycles. The highest BCUT2D eigenvalue weighted by atomic mass is 19.4. The van der Waals surface area contributed by atoms with Gasteiger partial charge in [0, 0.05) is 25.2 Å². The summed E-state index contributed by atoms with van der Waals surface area (Å²) < 4.78 is 59.1. The molecule has 0 aromatic heterocycles. The zero-order chi connectivity index (χ0) is 21.9. The Morgan fingerprint density at radius 3 is 2.33 bits per heavy atom. The van der Waals surface area contributed by atoms with Gasteiger partial charge in [0.1, 0.15) is 5.82 Å². The highest BCUT2D eigenvalue weighted by Crippen LogP contribution is 2.34. The van der Waals surface area contributed by atoms with E-state index in [1.807, 2.05) is 5.32 Å². The summed E-state index contributed by atoms with van der Waals surface area (Å²) in [5, 5.41) is 13.0. The Hall–Kier alpha value is -3.21. The number of nitro groups is 1. The van der Waals surface area contributed by atoms with Crippen LogP contribution in [-0.2, 0) is 4.74 Å². The predicted molar refractivity (Wildman–Crippen MR) is 98.8 cm³/mol. The van der Waals surface area contributed by atoms with Gasteiger partial charge in [-0.25, -0.2) is 4.39 Å². The second kappa shape index (κ2) is 8.66. The van der Waals surface area contributed by atoms with E-state index in [2.05, 4.69) is 0 Å². The molecule has 160 valence electrons. The molecule has 1 N–H and O–H groups in total. The summed E-state index contributed by atoms with van der Waals surface area (Å²) in [6, 6.07) is 4.59. The summed E-state index contributed by atoms with van der Waals surface area (Å²) in [6.07, 6.45) is -4.87. The largest absolute Gasteiger partial charge is 0.412 e. The van der Waals surface area contributed by atoms with Gasteiger partial charge >= 0.3 is 6.18 Å². The van der Waals surface area contributed by atoms with Gasteiger partial charge in [-0.15, -0.1) is 0 Å². The van der Waals surface area contributed by atoms with Crippen molar-refractivity contribution in [1.82, 2.24) is 5.32 Å². The van der Waals surface area contributed by atoms with Gasteiger partial charge in [0.05, 0.1) is 29.4 Å². The van der Waals surface area contributed by atoms with Crippen LogP contribution in [0.15, 0.2) is 42.5 Å². The number of halogens is 4. The minimum atomic E-state index is -4.87. The Morgan fingerprint density at radius 1 is 1.13 bits per heavy atom. The van der Waals surface area contributed by atoms with Crippen LogP contribution in [0.5, 0.6) is 0 Å². The normalized spacial score (nSPS) is 15.5. The molecule has 30 heavy (non-hydrogen) atoms. The number of nitrogens with zero attached hydrogens (tertiary/aromatic N) is 2. The van der Waals surface area contributed by atoms with Gasteiger partial charge in [0.2, 0.25) is 0 Å². The van der Waals surface area contributed by atoms with Crippen molar-refractivity contribution in [2.45, 2.75) is 12.2 Å². The molecule has 1 fully saturated rings. The first kappa shape index (κ1) is 21.5. The maximum absolute atomic E-state index is 13.6. The van der Waals surface area contributed by atoms with E-state index in [4.69, 9.17) is 4.74 Å². The molecule has 0 saturated carbocycles. The van der Waals surface area contributed by atoms with Crippen molar-refractivity contribution >= 4 is 17.3 Å². The van der Waals surface area contributed by atoms with E-state index in [-0.39, 0.29) is 16.8 Å². The van der Waals surface area contributed by atoms with Crippen molar-refractivity contribution in [1.29, 1.82) is 0 Å². The van der Waals surface area contributed by atoms with Crippen LogP contribution in [0.25, 0.3) is 0 Å². The monoisotopic (exact) mass is 427 g/mol. The van der Waals surface area contributed by atoms with Gasteiger partial charge in [-0.1, -0.05) is 12.1 Å². The van der Waals surface area contributed by atoms with Gasteiger partial charge in [-0.05, 0) is 23.8 Å². The number of anilines is 1. The minimum absolute atomic E-state index is 0.262. The first-order valence-corrected chi connectivity index (χ1v) is 8.91. The number of hydrogen-bond acceptors (Lipinski definition) is 5. The standard InChI is InChI=1S/C19H17F4N3O4/c20-13-3-1-12(2-4-13)17(19(21,22)23)24-18(27)15-11-14(26(28)29)5-6-16(15)25-7-9-30-10-8-25/h1-6,11,17H,7-10H2,(H,24,27). The highest BCUT2D eigenvalue weighted by molar-refractivity contribution is 6.00. The number of benzene rings is 2. The zero-order valence-electron chi connectivity index (χ0n) is 15.5. The number of morpholine rings is 1. The van der Waals surface area contributed by atoms with Crippen molar-refractivity contribution in [2.75, 3.05) is 31.2 Å². The minimum Gasteiger partial charge on any atom is -0.378 e. The summed E-state index contributed by atoms with van der Waals surface area (Å²) in [5.74, 6) is -1.86. The van der Waals surface area contributed by atoms with Crippen LogP contribution in [-0.4, -0.2) is 43.3 Å². The second-order valence-electron chi connectivity index (χ2n) is 6.56. The topological polar surface area (TPSA) is 84.7 Å². The number of carbonyl (C=O) groups excluding carboxylic acids is 1. The molecular formula is C19H17F4N3O4. The quantitative estimate of drug-likeness (QED) is 0.448. The summed E-state index contributed by atoms with van der Waals surface area (Å²) >= 11 is 0. The molecule has 0 aliphatic carbocycles. The number of rotatable bonds is 5. The van der Waals surface area contributed by atoms with Crippen LogP contribution in [0.2, 0.25) is 0 Å². The molecular weight excluding hydrogens is 410 g/mol. The van der Waals surface area contributed by atoms with Crippen LogP contribution in [0.1, 0.15) is 22.0 Å². The molecule has 11 heteroatoms. The Kier molecular flexibility index (Phi) is 6.20. The first-order valence-electron chi connectivity index (χ1n) is 8.91. The molecule has 1 unspecified atom stereocenters. The number of hydrogen-bond donors (Lipinski definition) is 1. The van der Waals surface area contributed by atoms with E-state index >= 15 is 0 Å². The first-order chi connectivity index (χ1) is 14.2. The van der Waals surface area contributed by atoms with Crippen LogP contribution in [0.4, 0.5) is 28.9 Å². The molecule has 2 aromatic rings. The highest BCUT2D eigenvalue weighted by Gasteiger charge is 2.42. The van der Waals surface area contributed by atoms with E-state index in [9.17, 15) is 32.5 Å². The van der Waals surface area contributed by atoms with Gasteiger partial charge < -0.3 is 15.0 Å². The number of ether oxygens (including phenoxy) is 1. The molecule has 0 bridgehead atoms. The summed E-state index contributed by atoms with van der Waals surface area (Å²) in [4.78, 5) is 24.9. The zero-order valence-corrected chi connectivity index (χ0v) is 15.5. The fraction of sp³-hybridized carbons (Fsp3) is 0.316. The third-order valence-corrected chi connectivity index (χ3v) is 4.59. The Bertz CT molecular complexity index is 928. The average Bonchev–Trinajstić information content (AvgIpc) is 2.72. The van der Waals surface area contributed by atoms with Gasteiger partial charge in [0.15, 0.2) is 6.04 Å². The fourth-order valence-electron chi connectivity index (χ4n) is 3.12. The molecule has 1 aliphatic rings. The summed E-state index contributed by atoms with van der Waals surface area (Å²) in [7, 11) is 0. The average molecular weight is 427 g/mol. The van der Waals surface area contributed by atoms with E-state index in [1.54, 1.807) is 4.90 Å². The van der Waals surface area contributed by atoms with Crippen LogP contribution < -0.4 is 10.2 Å². The van der Waals surface area contributed by atoms with Crippen molar-refractivity contribution in [3.8, 4) is 0 Å². The molecule has 0 spiro atoms.